The van der Waals surface area contributed by atoms with Crippen molar-refractivity contribution in [3.05, 3.63) is 71.5 Å². The smallest absolute Gasteiger partial charge is 0.317 e. The van der Waals surface area contributed by atoms with Crippen molar-refractivity contribution in [2.45, 2.75) is 44.4 Å². The second-order valence-corrected chi connectivity index (χ2v) is 7.85. The number of nitrogens with one attached hydrogen (secondary N) is 2. The highest BCUT2D eigenvalue weighted by molar-refractivity contribution is 5.94. The fourth-order valence-electron chi connectivity index (χ4n) is 3.81. The average Bonchev–Trinajstić information content (AvgIpc) is 2.74. The Labute approximate surface area is 176 Å². The highest BCUT2D eigenvalue weighted by Crippen LogP contribution is 2.37. The van der Waals surface area contributed by atoms with E-state index >= 15 is 0 Å². The van der Waals surface area contributed by atoms with Crippen molar-refractivity contribution >= 4 is 11.9 Å². The summed E-state index contributed by atoms with van der Waals surface area (Å²) in [4.78, 5) is 27.4. The summed E-state index contributed by atoms with van der Waals surface area (Å²) in [5.74, 6) is -0.867. The second kappa shape index (κ2) is 9.26. The summed E-state index contributed by atoms with van der Waals surface area (Å²) in [6.45, 7) is 4.53. The minimum absolute atomic E-state index is 0.234. The van der Waals surface area contributed by atoms with Crippen molar-refractivity contribution < 1.29 is 19.1 Å². The monoisotopic (exact) mass is 413 g/mol. The number of hydrogen-bond acceptors (Lipinski definition) is 3. The molecule has 3 N–H and O–H groups in total. The molecule has 0 aliphatic carbocycles. The molecule has 1 aliphatic heterocycles. The summed E-state index contributed by atoms with van der Waals surface area (Å²) in [6.07, 6.45) is 1.11. The molecule has 1 heterocycles. The molecule has 3 amide bonds. The van der Waals surface area contributed by atoms with Gasteiger partial charge in [-0.25, -0.2) is 9.18 Å². The predicted molar refractivity (Wildman–Crippen MR) is 112 cm³/mol. The Bertz CT molecular complexity index is 871. The minimum Gasteiger partial charge on any atom is -0.388 e. The van der Waals surface area contributed by atoms with E-state index in [2.05, 4.69) is 10.6 Å². The molecule has 1 fully saturated rings. The number of nitrogens with zero attached hydrogens (tertiary/aromatic N) is 1. The lowest BCUT2D eigenvalue weighted by molar-refractivity contribution is -0.0511. The molecule has 2 aromatic carbocycles. The first-order chi connectivity index (χ1) is 14.3. The van der Waals surface area contributed by atoms with Crippen LogP contribution >= 0.6 is 0 Å². The highest BCUT2D eigenvalue weighted by atomic mass is 19.1. The second-order valence-electron chi connectivity index (χ2n) is 7.85. The first-order valence-corrected chi connectivity index (χ1v) is 10.2. The van der Waals surface area contributed by atoms with Crippen molar-refractivity contribution in [2.75, 3.05) is 13.1 Å². The van der Waals surface area contributed by atoms with Crippen molar-refractivity contribution in [2.24, 2.45) is 0 Å². The third-order valence-electron chi connectivity index (χ3n) is 5.50. The van der Waals surface area contributed by atoms with Gasteiger partial charge in [0.2, 0.25) is 0 Å². The molecular weight excluding hydrogens is 385 g/mol. The summed E-state index contributed by atoms with van der Waals surface area (Å²) in [6, 6.07) is 13.0. The normalized spacial score (nSPS) is 23.7. The molecule has 3 rings (SSSR count). The first kappa shape index (κ1) is 21.8. The molecule has 0 bridgehead atoms. The number of urea groups is 1. The number of rotatable bonds is 5. The van der Waals surface area contributed by atoms with Crippen LogP contribution in [0.5, 0.6) is 0 Å². The van der Waals surface area contributed by atoms with Crippen molar-refractivity contribution in [1.82, 2.24) is 15.5 Å². The fourth-order valence-corrected chi connectivity index (χ4v) is 3.81. The third kappa shape index (κ3) is 4.79. The lowest BCUT2D eigenvalue weighted by Gasteiger charge is -2.49. The van der Waals surface area contributed by atoms with Crippen molar-refractivity contribution in [3.8, 4) is 0 Å². The molecular formula is C23H28FN3O3. The van der Waals surface area contributed by atoms with Crippen molar-refractivity contribution in [3.63, 3.8) is 0 Å². The van der Waals surface area contributed by atoms with Crippen LogP contribution in [0.3, 0.4) is 0 Å². The summed E-state index contributed by atoms with van der Waals surface area (Å²) in [5.41, 5.74) is -0.141. The van der Waals surface area contributed by atoms with Gasteiger partial charge in [-0.2, -0.15) is 0 Å². The predicted octanol–water partition coefficient (Wildman–Crippen LogP) is 3.24. The number of carbonyl (C=O) groups is 2. The maximum absolute atomic E-state index is 13.2. The number of amides is 3. The van der Waals surface area contributed by atoms with Gasteiger partial charge in [0.05, 0.1) is 17.7 Å². The number of hydrogen-bond donors (Lipinski definition) is 3. The van der Waals surface area contributed by atoms with Gasteiger partial charge in [-0.05, 0) is 49.6 Å². The molecule has 0 radical (unpaired) electrons. The fraction of sp³-hybridized carbons (Fsp3) is 0.391. The van der Waals surface area contributed by atoms with E-state index in [0.717, 1.165) is 12.0 Å². The largest absolute Gasteiger partial charge is 0.388 e. The van der Waals surface area contributed by atoms with E-state index < -0.39 is 29.4 Å². The molecule has 2 aromatic rings. The summed E-state index contributed by atoms with van der Waals surface area (Å²) in [7, 11) is 0. The van der Waals surface area contributed by atoms with Gasteiger partial charge in [0.25, 0.3) is 5.91 Å². The zero-order valence-corrected chi connectivity index (χ0v) is 17.3. The van der Waals surface area contributed by atoms with E-state index in [1.807, 2.05) is 37.3 Å². The minimum atomic E-state index is -1.24. The van der Waals surface area contributed by atoms with Gasteiger partial charge in [-0.1, -0.05) is 37.3 Å². The molecule has 3 atom stereocenters. The molecule has 0 saturated carbocycles. The zero-order valence-electron chi connectivity index (χ0n) is 17.3. The van der Waals surface area contributed by atoms with Gasteiger partial charge in [0, 0.05) is 18.7 Å². The molecule has 1 saturated heterocycles. The van der Waals surface area contributed by atoms with E-state index in [1.54, 1.807) is 11.8 Å². The van der Waals surface area contributed by atoms with E-state index in [-0.39, 0.29) is 11.6 Å². The van der Waals surface area contributed by atoms with Crippen LogP contribution in [-0.2, 0) is 0 Å². The SMILES string of the molecule is CCCNC(=O)N1CCC(C)(O)C(NC(=O)c2ccc(F)cc2)C1c1ccccc1. The summed E-state index contributed by atoms with van der Waals surface area (Å²) >= 11 is 0. The van der Waals surface area contributed by atoms with Gasteiger partial charge in [-0.15, -0.1) is 0 Å². The number of halogens is 1. The molecule has 3 unspecified atom stereocenters. The summed E-state index contributed by atoms with van der Waals surface area (Å²) in [5, 5.41) is 16.9. The number of benzene rings is 2. The van der Waals surface area contributed by atoms with Gasteiger partial charge >= 0.3 is 6.03 Å². The number of piperidine rings is 1. The van der Waals surface area contributed by atoms with Crippen LogP contribution in [0.15, 0.2) is 54.6 Å². The standard InChI is InChI=1S/C23H28FN3O3/c1-3-14-25-22(29)27-15-13-23(2,30)20(19(27)16-7-5-4-6-8-16)26-21(28)17-9-11-18(24)12-10-17/h4-12,19-20,30H,3,13-15H2,1-2H3,(H,25,29)(H,26,28). The maximum atomic E-state index is 13.2. The Morgan fingerprint density at radius 2 is 1.83 bits per heavy atom. The van der Waals surface area contributed by atoms with E-state index in [0.29, 0.717) is 19.5 Å². The number of carbonyl (C=O) groups excluding carboxylic acids is 2. The average molecular weight is 413 g/mol. The van der Waals surface area contributed by atoms with Crippen LogP contribution in [-0.4, -0.2) is 46.7 Å². The van der Waals surface area contributed by atoms with Crippen LogP contribution in [0.4, 0.5) is 9.18 Å². The van der Waals surface area contributed by atoms with Gasteiger partial charge in [0.15, 0.2) is 0 Å². The number of aliphatic hydroxyl groups is 1. The van der Waals surface area contributed by atoms with Crippen LogP contribution in [0, 0.1) is 5.82 Å². The van der Waals surface area contributed by atoms with Crippen molar-refractivity contribution in [1.29, 1.82) is 0 Å². The van der Waals surface area contributed by atoms with E-state index in [9.17, 15) is 19.1 Å². The third-order valence-corrected chi connectivity index (χ3v) is 5.50. The first-order valence-electron chi connectivity index (χ1n) is 10.2. The van der Waals surface area contributed by atoms with E-state index in [1.165, 1.54) is 24.3 Å². The topological polar surface area (TPSA) is 81.7 Å². The molecule has 160 valence electrons. The molecule has 6 nitrogen and oxygen atoms in total. The van der Waals surface area contributed by atoms with Gasteiger partial charge in [-0.3, -0.25) is 4.79 Å². The number of likely N-dealkylation sites (tertiary alicyclic amines) is 1. The van der Waals surface area contributed by atoms with E-state index in [4.69, 9.17) is 0 Å². The Balaban J connectivity index is 1.95. The van der Waals surface area contributed by atoms with Gasteiger partial charge in [0.1, 0.15) is 5.82 Å². The molecule has 7 heteroatoms. The Morgan fingerprint density at radius 1 is 1.17 bits per heavy atom. The summed E-state index contributed by atoms with van der Waals surface area (Å²) < 4.78 is 13.2. The Morgan fingerprint density at radius 3 is 2.47 bits per heavy atom. The van der Waals surface area contributed by atoms with Crippen LogP contribution in [0.25, 0.3) is 0 Å². The van der Waals surface area contributed by atoms with Crippen LogP contribution in [0.1, 0.15) is 48.7 Å². The molecule has 0 spiro atoms. The zero-order chi connectivity index (χ0) is 21.7. The van der Waals surface area contributed by atoms with Gasteiger partial charge < -0.3 is 20.6 Å². The Kier molecular flexibility index (Phi) is 6.72. The molecule has 1 aliphatic rings. The van der Waals surface area contributed by atoms with Crippen LogP contribution in [0.2, 0.25) is 0 Å². The maximum Gasteiger partial charge on any atom is 0.317 e. The lowest BCUT2D eigenvalue weighted by atomic mass is 9.79. The molecule has 30 heavy (non-hydrogen) atoms. The molecule has 0 aromatic heterocycles. The highest BCUT2D eigenvalue weighted by Gasteiger charge is 2.47. The lowest BCUT2D eigenvalue weighted by Crippen LogP contribution is -2.64. The quantitative estimate of drug-likeness (QED) is 0.704. The van der Waals surface area contributed by atoms with Crippen LogP contribution < -0.4 is 10.6 Å². The Hall–Kier alpha value is -2.93.